The van der Waals surface area contributed by atoms with Crippen LogP contribution < -0.4 is 11.1 Å². The van der Waals surface area contributed by atoms with Gasteiger partial charge in [-0.25, -0.2) is 4.39 Å². The number of hydrogen-bond acceptors (Lipinski definition) is 3. The lowest BCUT2D eigenvalue weighted by molar-refractivity contribution is 0.317. The first-order valence-corrected chi connectivity index (χ1v) is 5.08. The molecule has 0 atom stereocenters. The maximum absolute atomic E-state index is 12.8. The number of nitrogens with two attached hydrogens (primary N) is 1. The van der Waals surface area contributed by atoms with Crippen LogP contribution in [0.25, 0.3) is 0 Å². The third-order valence-corrected chi connectivity index (χ3v) is 2.44. The van der Waals surface area contributed by atoms with E-state index < -0.39 is 0 Å². The van der Waals surface area contributed by atoms with Crippen LogP contribution >= 0.6 is 15.9 Å². The highest BCUT2D eigenvalue weighted by atomic mass is 79.9. The second-order valence-electron chi connectivity index (χ2n) is 2.89. The van der Waals surface area contributed by atoms with Crippen molar-refractivity contribution < 1.29 is 9.60 Å². The molecular formula is C9H11BrFN3O. The van der Waals surface area contributed by atoms with E-state index in [1.54, 1.807) is 6.07 Å². The molecule has 0 aliphatic carbocycles. The molecule has 1 aromatic carbocycles. The Balaban J connectivity index is 2.54. The van der Waals surface area contributed by atoms with E-state index in [0.29, 0.717) is 18.7 Å². The molecular weight excluding hydrogens is 265 g/mol. The Labute approximate surface area is 95.1 Å². The molecule has 15 heavy (non-hydrogen) atoms. The average molecular weight is 276 g/mol. The van der Waals surface area contributed by atoms with Crippen molar-refractivity contribution in [1.82, 2.24) is 0 Å². The average Bonchev–Trinajstić information content (AvgIpc) is 2.23. The summed E-state index contributed by atoms with van der Waals surface area (Å²) in [7, 11) is 0. The van der Waals surface area contributed by atoms with Crippen molar-refractivity contribution in [2.45, 2.75) is 6.42 Å². The lowest BCUT2D eigenvalue weighted by atomic mass is 10.3. The summed E-state index contributed by atoms with van der Waals surface area (Å²) in [5, 5.41) is 14.1. The molecule has 4 nitrogen and oxygen atoms in total. The normalized spacial score (nSPS) is 11.5. The van der Waals surface area contributed by atoms with E-state index in [1.165, 1.54) is 12.1 Å². The fraction of sp³-hybridized carbons (Fsp3) is 0.222. The first kappa shape index (κ1) is 11.8. The summed E-state index contributed by atoms with van der Waals surface area (Å²) >= 11 is 3.27. The van der Waals surface area contributed by atoms with Crippen LogP contribution in [0, 0.1) is 5.82 Å². The van der Waals surface area contributed by atoms with E-state index >= 15 is 0 Å². The van der Waals surface area contributed by atoms with Crippen molar-refractivity contribution in [1.29, 1.82) is 0 Å². The molecule has 0 unspecified atom stereocenters. The van der Waals surface area contributed by atoms with Gasteiger partial charge in [-0.05, 0) is 34.1 Å². The molecule has 0 saturated carbocycles. The van der Waals surface area contributed by atoms with Crippen molar-refractivity contribution in [2.24, 2.45) is 10.9 Å². The number of nitrogens with zero attached hydrogens (tertiary/aromatic N) is 1. The number of anilines is 1. The second kappa shape index (κ2) is 5.55. The van der Waals surface area contributed by atoms with E-state index in [-0.39, 0.29) is 11.7 Å². The summed E-state index contributed by atoms with van der Waals surface area (Å²) < 4.78 is 13.6. The summed E-state index contributed by atoms with van der Waals surface area (Å²) in [4.78, 5) is 0. The van der Waals surface area contributed by atoms with Gasteiger partial charge in [-0.15, -0.1) is 0 Å². The molecule has 0 bridgehead atoms. The van der Waals surface area contributed by atoms with E-state index in [2.05, 4.69) is 26.4 Å². The van der Waals surface area contributed by atoms with Crippen LogP contribution in [0.2, 0.25) is 0 Å². The van der Waals surface area contributed by atoms with E-state index in [0.717, 1.165) is 4.47 Å². The van der Waals surface area contributed by atoms with E-state index in [4.69, 9.17) is 10.9 Å². The number of benzene rings is 1. The van der Waals surface area contributed by atoms with E-state index in [1.807, 2.05) is 0 Å². The molecule has 0 amide bonds. The predicted octanol–water partition coefficient (Wildman–Crippen LogP) is 2.14. The third kappa shape index (κ3) is 3.75. The highest BCUT2D eigenvalue weighted by Gasteiger charge is 2.01. The second-order valence-corrected chi connectivity index (χ2v) is 3.75. The highest BCUT2D eigenvalue weighted by molar-refractivity contribution is 9.10. The van der Waals surface area contributed by atoms with Gasteiger partial charge in [0.2, 0.25) is 0 Å². The van der Waals surface area contributed by atoms with Gasteiger partial charge < -0.3 is 16.3 Å². The van der Waals surface area contributed by atoms with Gasteiger partial charge >= 0.3 is 0 Å². The minimum absolute atomic E-state index is 0.134. The maximum Gasteiger partial charge on any atom is 0.140 e. The summed E-state index contributed by atoms with van der Waals surface area (Å²) in [5.41, 5.74) is 5.92. The molecule has 1 aromatic rings. The monoisotopic (exact) mass is 275 g/mol. The van der Waals surface area contributed by atoms with Gasteiger partial charge in [-0.1, -0.05) is 5.16 Å². The Morgan fingerprint density at radius 2 is 2.33 bits per heavy atom. The van der Waals surface area contributed by atoms with Gasteiger partial charge in [0, 0.05) is 17.4 Å². The van der Waals surface area contributed by atoms with Gasteiger partial charge in [0.25, 0.3) is 0 Å². The molecule has 0 spiro atoms. The zero-order chi connectivity index (χ0) is 11.3. The molecule has 82 valence electrons. The summed E-state index contributed by atoms with van der Waals surface area (Å²) in [5.74, 6) is -0.181. The Kier molecular flexibility index (Phi) is 4.36. The lowest BCUT2D eigenvalue weighted by Gasteiger charge is -2.07. The fourth-order valence-electron chi connectivity index (χ4n) is 1.01. The zero-order valence-corrected chi connectivity index (χ0v) is 9.46. The van der Waals surface area contributed by atoms with E-state index in [9.17, 15) is 4.39 Å². The minimum Gasteiger partial charge on any atom is -0.409 e. The molecule has 0 aliphatic heterocycles. The first-order chi connectivity index (χ1) is 7.13. The lowest BCUT2D eigenvalue weighted by Crippen LogP contribution is -2.16. The van der Waals surface area contributed by atoms with Crippen LogP contribution in [0.5, 0.6) is 0 Å². The largest absolute Gasteiger partial charge is 0.409 e. The van der Waals surface area contributed by atoms with Crippen molar-refractivity contribution in [3.8, 4) is 0 Å². The molecule has 6 heteroatoms. The number of rotatable bonds is 4. The third-order valence-electron chi connectivity index (χ3n) is 1.75. The molecule has 1 rings (SSSR count). The molecule has 0 heterocycles. The number of halogens is 2. The van der Waals surface area contributed by atoms with Crippen LogP contribution in [0.4, 0.5) is 10.1 Å². The quantitative estimate of drug-likeness (QED) is 0.341. The Hall–Kier alpha value is -1.30. The fourth-order valence-corrected chi connectivity index (χ4v) is 1.40. The highest BCUT2D eigenvalue weighted by Crippen LogP contribution is 2.22. The number of oxime groups is 1. The van der Waals surface area contributed by atoms with Crippen LogP contribution in [-0.4, -0.2) is 17.6 Å². The zero-order valence-electron chi connectivity index (χ0n) is 7.87. The smallest absolute Gasteiger partial charge is 0.140 e. The first-order valence-electron chi connectivity index (χ1n) is 4.29. The molecule has 0 radical (unpaired) electrons. The molecule has 0 aliphatic rings. The topological polar surface area (TPSA) is 70.6 Å². The summed E-state index contributed by atoms with van der Waals surface area (Å²) in [6, 6.07) is 4.34. The predicted molar refractivity (Wildman–Crippen MR) is 60.6 cm³/mol. The SMILES string of the molecule is N/C(CCNc1cc(F)ccc1Br)=N/O. The Bertz CT molecular complexity index is 370. The number of nitrogens with one attached hydrogen (secondary N) is 1. The van der Waals surface area contributed by atoms with Gasteiger partial charge in [0.1, 0.15) is 11.7 Å². The van der Waals surface area contributed by atoms with Crippen LogP contribution in [0.15, 0.2) is 27.8 Å². The molecule has 0 fully saturated rings. The maximum atomic E-state index is 12.8. The summed E-state index contributed by atoms with van der Waals surface area (Å²) in [6.45, 7) is 0.470. The Morgan fingerprint density at radius 3 is 3.00 bits per heavy atom. The van der Waals surface area contributed by atoms with Crippen LogP contribution in [0.3, 0.4) is 0 Å². The molecule has 0 aromatic heterocycles. The molecule has 4 N–H and O–H groups in total. The number of hydrogen-bond donors (Lipinski definition) is 3. The minimum atomic E-state index is -0.315. The van der Waals surface area contributed by atoms with Crippen molar-refractivity contribution in [3.63, 3.8) is 0 Å². The van der Waals surface area contributed by atoms with Crippen LogP contribution in [-0.2, 0) is 0 Å². The van der Waals surface area contributed by atoms with Gasteiger partial charge in [0.05, 0.1) is 5.69 Å². The van der Waals surface area contributed by atoms with Gasteiger partial charge in [-0.2, -0.15) is 0 Å². The number of amidine groups is 1. The Morgan fingerprint density at radius 1 is 1.60 bits per heavy atom. The van der Waals surface area contributed by atoms with Crippen molar-refractivity contribution >= 4 is 27.5 Å². The van der Waals surface area contributed by atoms with Crippen LogP contribution in [0.1, 0.15) is 6.42 Å². The standard InChI is InChI=1S/C9H11BrFN3O/c10-7-2-1-6(11)5-8(7)13-4-3-9(12)14-15/h1-2,5,13,15H,3-4H2,(H2,12,14). The van der Waals surface area contributed by atoms with Gasteiger partial charge in [-0.3, -0.25) is 0 Å². The van der Waals surface area contributed by atoms with Crippen molar-refractivity contribution in [2.75, 3.05) is 11.9 Å². The van der Waals surface area contributed by atoms with Crippen molar-refractivity contribution in [3.05, 3.63) is 28.5 Å². The molecule has 0 saturated heterocycles. The summed E-state index contributed by atoms with van der Waals surface area (Å²) in [6.07, 6.45) is 0.388. The van der Waals surface area contributed by atoms with Gasteiger partial charge in [0.15, 0.2) is 0 Å².